The Morgan fingerprint density at radius 1 is 1.31 bits per heavy atom. The van der Waals surface area contributed by atoms with E-state index < -0.39 is 17.7 Å². The number of urea groups is 1. The summed E-state index contributed by atoms with van der Waals surface area (Å²) in [6.45, 7) is 3.52. The van der Waals surface area contributed by atoms with Crippen molar-refractivity contribution in [2.45, 2.75) is 32.4 Å². The van der Waals surface area contributed by atoms with Crippen molar-refractivity contribution in [3.05, 3.63) is 54.1 Å². The molecule has 1 unspecified atom stereocenters. The maximum atomic E-state index is 14.4. The summed E-state index contributed by atoms with van der Waals surface area (Å²) in [5.74, 6) is -1.52. The molecule has 2 aromatic rings. The third kappa shape index (κ3) is 3.74. The van der Waals surface area contributed by atoms with Crippen LogP contribution in [0.5, 0.6) is 0 Å². The lowest BCUT2D eigenvalue weighted by atomic mass is 10.0. The Hall–Kier alpha value is -2.77. The fourth-order valence-corrected chi connectivity index (χ4v) is 2.99. The molecular weight excluding hydrogens is 340 g/mol. The molecular formula is C18H21F2N5O. The summed E-state index contributed by atoms with van der Waals surface area (Å²) in [5.41, 5.74) is 0.112. The fourth-order valence-electron chi connectivity index (χ4n) is 2.99. The largest absolute Gasteiger partial charge is 0.337 e. The number of rotatable bonds is 7. The van der Waals surface area contributed by atoms with Crippen molar-refractivity contribution < 1.29 is 13.6 Å². The van der Waals surface area contributed by atoms with E-state index in [-0.39, 0.29) is 11.6 Å². The van der Waals surface area contributed by atoms with Gasteiger partial charge in [-0.15, -0.1) is 0 Å². The van der Waals surface area contributed by atoms with Gasteiger partial charge in [-0.05, 0) is 18.9 Å². The van der Waals surface area contributed by atoms with Gasteiger partial charge in [-0.25, -0.2) is 18.6 Å². The van der Waals surface area contributed by atoms with Gasteiger partial charge in [0, 0.05) is 37.6 Å². The Bertz CT molecular complexity index is 791. The zero-order valence-electron chi connectivity index (χ0n) is 14.5. The van der Waals surface area contributed by atoms with Crippen LogP contribution in [0.25, 0.3) is 0 Å². The van der Waals surface area contributed by atoms with Crippen LogP contribution in [0, 0.1) is 11.6 Å². The second kappa shape index (κ2) is 8.07. The van der Waals surface area contributed by atoms with Gasteiger partial charge in [0.25, 0.3) is 0 Å². The number of carbonyl (C=O) groups excluding carboxylic acids is 1. The van der Waals surface area contributed by atoms with Gasteiger partial charge in [-0.2, -0.15) is 0 Å². The van der Waals surface area contributed by atoms with Crippen LogP contribution in [0.4, 0.5) is 13.6 Å². The van der Waals surface area contributed by atoms with Crippen molar-refractivity contribution in [2.24, 2.45) is 4.99 Å². The van der Waals surface area contributed by atoms with Crippen LogP contribution in [-0.4, -0.2) is 39.4 Å². The molecule has 1 aromatic carbocycles. The lowest BCUT2D eigenvalue weighted by molar-refractivity contribution is 0.203. The monoisotopic (exact) mass is 361 g/mol. The minimum absolute atomic E-state index is 0.112. The molecule has 8 heteroatoms. The highest BCUT2D eigenvalue weighted by molar-refractivity contribution is 6.07. The number of amides is 2. The molecule has 1 atom stereocenters. The summed E-state index contributed by atoms with van der Waals surface area (Å²) in [6, 6.07) is 2.91. The molecule has 0 radical (unpaired) electrons. The van der Waals surface area contributed by atoms with Gasteiger partial charge in [0.2, 0.25) is 0 Å². The van der Waals surface area contributed by atoms with Crippen LogP contribution in [0.1, 0.15) is 31.4 Å². The van der Waals surface area contributed by atoms with E-state index in [0.717, 1.165) is 12.5 Å². The van der Waals surface area contributed by atoms with E-state index in [4.69, 9.17) is 0 Å². The van der Waals surface area contributed by atoms with E-state index in [1.54, 1.807) is 12.5 Å². The molecule has 26 heavy (non-hydrogen) atoms. The Morgan fingerprint density at radius 2 is 2.15 bits per heavy atom. The standard InChI is InChI=1S/C18H21F2N5O/c1-2-7-22-17-16(13-5-3-6-14(19)15(13)20)25(18(26)23-17)10-4-9-24-11-8-21-12-24/h3,5-6,8,11-12,16H,2,4,7,9-10H2,1H3,(H,22,23,26). The Morgan fingerprint density at radius 3 is 2.88 bits per heavy atom. The van der Waals surface area contributed by atoms with Gasteiger partial charge in [0.1, 0.15) is 11.9 Å². The van der Waals surface area contributed by atoms with E-state index in [1.165, 1.54) is 17.0 Å². The number of aliphatic imine (C=N–C) groups is 1. The smallest absolute Gasteiger partial charge is 0.323 e. The molecule has 1 N–H and O–H groups in total. The molecule has 0 aliphatic carbocycles. The first-order valence-corrected chi connectivity index (χ1v) is 8.63. The molecule has 1 aliphatic heterocycles. The van der Waals surface area contributed by atoms with Crippen molar-refractivity contribution in [1.29, 1.82) is 0 Å². The molecule has 0 bridgehead atoms. The van der Waals surface area contributed by atoms with Gasteiger partial charge in [-0.1, -0.05) is 19.1 Å². The summed E-state index contributed by atoms with van der Waals surface area (Å²) < 4.78 is 30.0. The number of nitrogens with zero attached hydrogens (tertiary/aromatic N) is 4. The van der Waals surface area contributed by atoms with E-state index >= 15 is 0 Å². The number of halogens is 2. The van der Waals surface area contributed by atoms with E-state index in [1.807, 2.05) is 17.7 Å². The number of nitrogens with one attached hydrogen (secondary N) is 1. The minimum atomic E-state index is -0.946. The molecule has 0 spiro atoms. The van der Waals surface area contributed by atoms with Crippen molar-refractivity contribution in [3.63, 3.8) is 0 Å². The number of aryl methyl sites for hydroxylation is 1. The predicted molar refractivity (Wildman–Crippen MR) is 93.8 cm³/mol. The summed E-state index contributed by atoms with van der Waals surface area (Å²) in [6.07, 6.45) is 6.66. The lowest BCUT2D eigenvalue weighted by Gasteiger charge is -2.24. The van der Waals surface area contributed by atoms with Gasteiger partial charge in [0.15, 0.2) is 11.6 Å². The van der Waals surface area contributed by atoms with Gasteiger partial charge in [0.05, 0.1) is 6.33 Å². The number of imidazole rings is 1. The number of carbonyl (C=O) groups is 1. The number of hydrogen-bond donors (Lipinski definition) is 1. The third-order valence-corrected chi connectivity index (χ3v) is 4.22. The van der Waals surface area contributed by atoms with Gasteiger partial charge >= 0.3 is 6.03 Å². The van der Waals surface area contributed by atoms with Crippen LogP contribution >= 0.6 is 0 Å². The predicted octanol–water partition coefficient (Wildman–Crippen LogP) is 3.13. The molecule has 1 fully saturated rings. The Kier molecular flexibility index (Phi) is 5.60. The second-order valence-electron chi connectivity index (χ2n) is 6.09. The Labute approximate surface area is 150 Å². The van der Waals surface area contributed by atoms with Crippen LogP contribution in [-0.2, 0) is 6.54 Å². The second-order valence-corrected chi connectivity index (χ2v) is 6.09. The average Bonchev–Trinajstić information content (AvgIpc) is 3.24. The normalized spacial score (nSPS) is 18.6. The molecule has 1 aromatic heterocycles. The number of amidine groups is 1. The quantitative estimate of drug-likeness (QED) is 0.824. The molecule has 1 saturated heterocycles. The van der Waals surface area contributed by atoms with Crippen molar-refractivity contribution >= 4 is 11.9 Å². The van der Waals surface area contributed by atoms with E-state index in [2.05, 4.69) is 15.3 Å². The van der Waals surface area contributed by atoms with Gasteiger partial charge < -0.3 is 9.47 Å². The number of hydrogen-bond acceptors (Lipinski definition) is 3. The topological polar surface area (TPSA) is 62.5 Å². The van der Waals surface area contributed by atoms with E-state index in [9.17, 15) is 13.6 Å². The highest BCUT2D eigenvalue weighted by atomic mass is 19.2. The maximum absolute atomic E-state index is 14.4. The molecule has 1 aliphatic rings. The van der Waals surface area contributed by atoms with Crippen LogP contribution < -0.4 is 5.32 Å². The first kappa shape index (κ1) is 18.0. The minimum Gasteiger partial charge on any atom is -0.337 e. The Balaban J connectivity index is 1.84. The third-order valence-electron chi connectivity index (χ3n) is 4.22. The average molecular weight is 361 g/mol. The first-order chi connectivity index (χ1) is 12.6. The zero-order valence-corrected chi connectivity index (χ0v) is 14.5. The van der Waals surface area contributed by atoms with Crippen LogP contribution in [0.15, 0.2) is 41.9 Å². The highest BCUT2D eigenvalue weighted by Crippen LogP contribution is 2.30. The molecule has 2 heterocycles. The van der Waals surface area contributed by atoms with Crippen molar-refractivity contribution in [2.75, 3.05) is 13.1 Å². The summed E-state index contributed by atoms with van der Waals surface area (Å²) in [5, 5.41) is 2.71. The van der Waals surface area contributed by atoms with Crippen molar-refractivity contribution in [3.8, 4) is 0 Å². The number of benzene rings is 1. The molecule has 6 nitrogen and oxygen atoms in total. The SMILES string of the molecule is CCCN=C1NC(=O)N(CCCn2ccnc2)C1c1cccc(F)c1F. The zero-order chi connectivity index (χ0) is 18.5. The summed E-state index contributed by atoms with van der Waals surface area (Å²) >= 11 is 0. The maximum Gasteiger partial charge on any atom is 0.323 e. The van der Waals surface area contributed by atoms with Crippen LogP contribution in [0.2, 0.25) is 0 Å². The molecule has 3 rings (SSSR count). The number of aromatic nitrogens is 2. The highest BCUT2D eigenvalue weighted by Gasteiger charge is 2.39. The molecule has 0 saturated carbocycles. The van der Waals surface area contributed by atoms with E-state index in [0.29, 0.717) is 31.9 Å². The van der Waals surface area contributed by atoms with Crippen molar-refractivity contribution in [1.82, 2.24) is 19.8 Å². The fraction of sp³-hybridized carbons (Fsp3) is 0.389. The van der Waals surface area contributed by atoms with Crippen LogP contribution in [0.3, 0.4) is 0 Å². The molecule has 2 amide bonds. The summed E-state index contributed by atoms with van der Waals surface area (Å²) in [7, 11) is 0. The first-order valence-electron chi connectivity index (χ1n) is 8.63. The summed E-state index contributed by atoms with van der Waals surface area (Å²) in [4.78, 5) is 22.3. The molecule has 138 valence electrons. The lowest BCUT2D eigenvalue weighted by Crippen LogP contribution is -2.31. The van der Waals surface area contributed by atoms with Gasteiger partial charge in [-0.3, -0.25) is 10.3 Å².